The molecule has 1 aromatic carbocycles. The molecule has 1 aliphatic carbocycles. The Labute approximate surface area is 159 Å². The summed E-state index contributed by atoms with van der Waals surface area (Å²) in [5, 5.41) is 9.24. The molecular formula is C19H26N2O5S. The minimum atomic E-state index is -3.10. The molecule has 0 radical (unpaired) electrons. The molecule has 1 unspecified atom stereocenters. The van der Waals surface area contributed by atoms with Gasteiger partial charge in [-0.15, -0.1) is 0 Å². The number of carboxylic acid groups (broad SMARTS) is 1. The van der Waals surface area contributed by atoms with E-state index in [1.165, 1.54) is 4.90 Å². The van der Waals surface area contributed by atoms with E-state index in [2.05, 4.69) is 0 Å². The molecule has 2 fully saturated rings. The summed E-state index contributed by atoms with van der Waals surface area (Å²) in [5.74, 6) is -1.07. The molecule has 0 bridgehead atoms. The number of carbonyl (C=O) groups is 2. The van der Waals surface area contributed by atoms with Crippen LogP contribution in [0.3, 0.4) is 0 Å². The van der Waals surface area contributed by atoms with Crippen LogP contribution in [0.15, 0.2) is 30.3 Å². The van der Waals surface area contributed by atoms with Gasteiger partial charge in [-0.3, -0.25) is 9.59 Å². The van der Waals surface area contributed by atoms with Crippen molar-refractivity contribution in [1.29, 1.82) is 0 Å². The van der Waals surface area contributed by atoms with E-state index in [1.807, 2.05) is 6.07 Å². The van der Waals surface area contributed by atoms with Crippen LogP contribution in [0, 0.1) is 0 Å². The van der Waals surface area contributed by atoms with E-state index in [1.54, 1.807) is 29.2 Å². The third-order valence-corrected chi connectivity index (χ3v) is 7.13. The lowest BCUT2D eigenvalue weighted by atomic mass is 10.1. The van der Waals surface area contributed by atoms with E-state index in [0.29, 0.717) is 12.1 Å². The van der Waals surface area contributed by atoms with Gasteiger partial charge in [-0.25, -0.2) is 8.42 Å². The van der Waals surface area contributed by atoms with Gasteiger partial charge < -0.3 is 14.9 Å². The number of aliphatic carboxylic acids is 1. The van der Waals surface area contributed by atoms with Crippen molar-refractivity contribution in [1.82, 2.24) is 4.90 Å². The highest BCUT2D eigenvalue weighted by Crippen LogP contribution is 2.29. The Kier molecular flexibility index (Phi) is 6.04. The Morgan fingerprint density at radius 1 is 1.00 bits per heavy atom. The lowest BCUT2D eigenvalue weighted by Gasteiger charge is -2.36. The van der Waals surface area contributed by atoms with Gasteiger partial charge >= 0.3 is 5.97 Å². The first kappa shape index (κ1) is 19.7. The van der Waals surface area contributed by atoms with Gasteiger partial charge in [-0.05, 0) is 31.4 Å². The van der Waals surface area contributed by atoms with Crippen LogP contribution >= 0.6 is 0 Å². The minimum Gasteiger partial charge on any atom is -0.480 e. The van der Waals surface area contributed by atoms with Crippen LogP contribution < -0.4 is 4.90 Å². The fourth-order valence-electron chi connectivity index (χ4n) is 4.17. The molecule has 8 heteroatoms. The number of nitrogens with zero attached hydrogens (tertiary/aromatic N) is 2. The van der Waals surface area contributed by atoms with Crippen molar-refractivity contribution in [2.24, 2.45) is 0 Å². The number of benzene rings is 1. The molecule has 2 aliphatic rings. The maximum absolute atomic E-state index is 13.2. The molecule has 148 valence electrons. The van der Waals surface area contributed by atoms with E-state index in [4.69, 9.17) is 0 Å². The van der Waals surface area contributed by atoms with Crippen LogP contribution in [0.4, 0.5) is 5.69 Å². The maximum Gasteiger partial charge on any atom is 0.323 e. The van der Waals surface area contributed by atoms with E-state index >= 15 is 0 Å². The first-order valence-electron chi connectivity index (χ1n) is 9.39. The van der Waals surface area contributed by atoms with E-state index < -0.39 is 15.8 Å². The quantitative estimate of drug-likeness (QED) is 0.754. The van der Waals surface area contributed by atoms with E-state index in [9.17, 15) is 23.1 Å². The van der Waals surface area contributed by atoms with Gasteiger partial charge in [0.15, 0.2) is 9.84 Å². The smallest absolute Gasteiger partial charge is 0.323 e. The van der Waals surface area contributed by atoms with Crippen molar-refractivity contribution in [3.05, 3.63) is 30.3 Å². The van der Waals surface area contributed by atoms with Gasteiger partial charge in [0.05, 0.1) is 18.1 Å². The summed E-state index contributed by atoms with van der Waals surface area (Å²) in [6.45, 7) is -0.347. The van der Waals surface area contributed by atoms with Crippen molar-refractivity contribution in [2.75, 3.05) is 29.5 Å². The van der Waals surface area contributed by atoms with E-state index in [-0.39, 0.29) is 42.6 Å². The molecule has 1 atom stereocenters. The topological polar surface area (TPSA) is 95.0 Å². The highest BCUT2D eigenvalue weighted by molar-refractivity contribution is 7.91. The molecule has 1 aliphatic heterocycles. The largest absolute Gasteiger partial charge is 0.480 e. The predicted molar refractivity (Wildman–Crippen MR) is 102 cm³/mol. The zero-order valence-electron chi connectivity index (χ0n) is 15.3. The van der Waals surface area contributed by atoms with Crippen LogP contribution in [-0.2, 0) is 19.4 Å². The summed E-state index contributed by atoms with van der Waals surface area (Å²) < 4.78 is 23.9. The Balaban J connectivity index is 1.80. The lowest BCUT2D eigenvalue weighted by molar-refractivity contribution is -0.135. The number of rotatable bonds is 7. The second-order valence-corrected chi connectivity index (χ2v) is 9.61. The zero-order chi connectivity index (χ0) is 19.4. The Morgan fingerprint density at radius 3 is 2.22 bits per heavy atom. The maximum atomic E-state index is 13.2. The molecule has 1 saturated carbocycles. The number of carboxylic acids is 1. The normalized spacial score (nSPS) is 21.9. The second-order valence-electron chi connectivity index (χ2n) is 7.38. The molecular weight excluding hydrogens is 368 g/mol. The van der Waals surface area contributed by atoms with Gasteiger partial charge in [0.1, 0.15) is 6.54 Å². The molecule has 0 spiro atoms. The number of amides is 1. The second kappa shape index (κ2) is 8.29. The van der Waals surface area contributed by atoms with Crippen LogP contribution in [0.5, 0.6) is 0 Å². The Morgan fingerprint density at radius 2 is 1.67 bits per heavy atom. The summed E-state index contributed by atoms with van der Waals surface area (Å²) in [4.78, 5) is 27.8. The Bertz CT molecular complexity index is 775. The lowest BCUT2D eigenvalue weighted by Crippen LogP contribution is -2.51. The first-order valence-corrected chi connectivity index (χ1v) is 11.2. The van der Waals surface area contributed by atoms with E-state index in [0.717, 1.165) is 25.7 Å². The fourth-order valence-corrected chi connectivity index (χ4v) is 5.88. The average Bonchev–Trinajstić information content (AvgIpc) is 3.25. The fraction of sp³-hybridized carbons (Fsp3) is 0.579. The molecule has 27 heavy (non-hydrogen) atoms. The average molecular weight is 394 g/mol. The number of sulfone groups is 1. The molecule has 7 nitrogen and oxygen atoms in total. The predicted octanol–water partition coefficient (Wildman–Crippen LogP) is 1.54. The zero-order valence-corrected chi connectivity index (χ0v) is 16.1. The van der Waals surface area contributed by atoms with Crippen molar-refractivity contribution < 1.29 is 23.1 Å². The highest BCUT2D eigenvalue weighted by atomic mass is 32.2. The standard InChI is InChI=1S/C19H26N2O5S/c22-18(12-20(13-19(23)24)15-6-2-1-3-7-15)21(16-8-4-5-9-16)17-10-11-27(25,26)14-17/h1-3,6-7,16-17H,4-5,8-14H2,(H,23,24). The number of anilines is 1. The van der Waals surface area contributed by atoms with Gasteiger partial charge in [-0.1, -0.05) is 31.0 Å². The van der Waals surface area contributed by atoms with Gasteiger partial charge in [0.2, 0.25) is 5.91 Å². The third-order valence-electron chi connectivity index (χ3n) is 5.38. The molecule has 1 saturated heterocycles. The van der Waals surface area contributed by atoms with Crippen LogP contribution in [-0.4, -0.2) is 67.0 Å². The first-order chi connectivity index (χ1) is 12.9. The van der Waals surface area contributed by atoms with Crippen molar-refractivity contribution >= 4 is 27.4 Å². The van der Waals surface area contributed by atoms with Gasteiger partial charge in [-0.2, -0.15) is 0 Å². The summed E-state index contributed by atoms with van der Waals surface area (Å²) in [5.41, 5.74) is 0.665. The Hall–Kier alpha value is -2.09. The molecule has 1 aromatic rings. The number of carbonyl (C=O) groups excluding carboxylic acids is 1. The summed E-state index contributed by atoms with van der Waals surface area (Å²) in [7, 11) is -3.10. The van der Waals surface area contributed by atoms with Crippen LogP contribution in [0.1, 0.15) is 32.1 Å². The molecule has 0 aromatic heterocycles. The van der Waals surface area contributed by atoms with Crippen LogP contribution in [0.2, 0.25) is 0 Å². The highest BCUT2D eigenvalue weighted by Gasteiger charge is 2.39. The third kappa shape index (κ3) is 5.00. The molecule has 1 heterocycles. The molecule has 1 amide bonds. The van der Waals surface area contributed by atoms with Crippen LogP contribution in [0.25, 0.3) is 0 Å². The number of hydrogen-bond donors (Lipinski definition) is 1. The van der Waals surface area contributed by atoms with Gasteiger partial charge in [0, 0.05) is 17.8 Å². The van der Waals surface area contributed by atoms with Gasteiger partial charge in [0.25, 0.3) is 0 Å². The summed E-state index contributed by atoms with van der Waals surface area (Å²) in [6, 6.07) is 8.73. The van der Waals surface area contributed by atoms with Crippen molar-refractivity contribution in [3.63, 3.8) is 0 Å². The SMILES string of the molecule is O=C(O)CN(CC(=O)N(C1CCCC1)C1CCS(=O)(=O)C1)c1ccccc1. The monoisotopic (exact) mass is 394 g/mol. The molecule has 3 rings (SSSR count). The summed E-state index contributed by atoms with van der Waals surface area (Å²) >= 11 is 0. The number of para-hydroxylation sites is 1. The molecule has 1 N–H and O–H groups in total. The van der Waals surface area contributed by atoms with Crippen molar-refractivity contribution in [3.8, 4) is 0 Å². The van der Waals surface area contributed by atoms with Crippen molar-refractivity contribution in [2.45, 2.75) is 44.2 Å². The minimum absolute atomic E-state index is 0.0134. The number of hydrogen-bond acceptors (Lipinski definition) is 5. The summed E-state index contributed by atoms with van der Waals surface area (Å²) in [6.07, 6.45) is 4.30.